The van der Waals surface area contributed by atoms with Gasteiger partial charge in [-0.1, -0.05) is 12.1 Å². The van der Waals surface area contributed by atoms with Crippen LogP contribution in [0.3, 0.4) is 0 Å². The van der Waals surface area contributed by atoms with Crippen molar-refractivity contribution in [1.29, 1.82) is 0 Å². The molecule has 0 aliphatic carbocycles. The van der Waals surface area contributed by atoms with Gasteiger partial charge in [-0.3, -0.25) is 14.9 Å². The van der Waals surface area contributed by atoms with Gasteiger partial charge in [-0.2, -0.15) is 4.39 Å². The van der Waals surface area contributed by atoms with Crippen molar-refractivity contribution >= 4 is 23.7 Å². The van der Waals surface area contributed by atoms with Gasteiger partial charge in [0.25, 0.3) is 0 Å². The first-order valence-corrected chi connectivity index (χ1v) is 10.9. The number of nitrogens with zero attached hydrogens (tertiary/aromatic N) is 1. The van der Waals surface area contributed by atoms with Crippen LogP contribution in [0.1, 0.15) is 37.9 Å². The lowest BCUT2D eigenvalue weighted by Crippen LogP contribution is -2.49. The van der Waals surface area contributed by atoms with Crippen LogP contribution in [-0.4, -0.2) is 53.9 Å². The highest BCUT2D eigenvalue weighted by molar-refractivity contribution is 5.90. The number of nitro benzene ring substituents is 1. The molecule has 0 fully saturated rings. The van der Waals surface area contributed by atoms with Gasteiger partial charge in [0.15, 0.2) is 11.5 Å². The minimum atomic E-state index is -1.44. The molecule has 0 aliphatic heterocycles. The van der Waals surface area contributed by atoms with Gasteiger partial charge in [0.2, 0.25) is 11.7 Å². The van der Waals surface area contributed by atoms with Crippen LogP contribution in [0.15, 0.2) is 36.4 Å². The molecule has 200 valence electrons. The number of phenols is 1. The Morgan fingerprint density at radius 2 is 1.78 bits per heavy atom. The Morgan fingerprint density at radius 1 is 1.11 bits per heavy atom. The number of amides is 2. The summed E-state index contributed by atoms with van der Waals surface area (Å²) in [6.07, 6.45) is -1.24. The number of rotatable bonds is 9. The third kappa shape index (κ3) is 8.05. The summed E-state index contributed by atoms with van der Waals surface area (Å²) in [5.41, 5.74) is -1.39. The van der Waals surface area contributed by atoms with Crippen LogP contribution in [0.5, 0.6) is 11.5 Å². The molecule has 2 atom stereocenters. The zero-order valence-corrected chi connectivity index (χ0v) is 20.9. The SMILES string of the molecule is COC(=O)[C@@H](Cc1ccc(F)c([N+](=O)[O-])c1)NC(=O)[C@H](NC(=O)OC(C)(C)C)c1ccc(OC)c(O)c1. The number of nitro groups is 1. The van der Waals surface area contributed by atoms with Crippen molar-refractivity contribution in [2.24, 2.45) is 0 Å². The van der Waals surface area contributed by atoms with E-state index < -0.39 is 52.1 Å². The maximum Gasteiger partial charge on any atom is 0.408 e. The molecule has 0 spiro atoms. The quantitative estimate of drug-likeness (QED) is 0.255. The van der Waals surface area contributed by atoms with Crippen molar-refractivity contribution in [3.8, 4) is 11.5 Å². The van der Waals surface area contributed by atoms with E-state index in [2.05, 4.69) is 10.6 Å². The lowest BCUT2D eigenvalue weighted by Gasteiger charge is -2.25. The van der Waals surface area contributed by atoms with Crippen LogP contribution in [0.2, 0.25) is 0 Å². The maximum absolute atomic E-state index is 13.7. The molecule has 2 aromatic rings. The molecule has 0 saturated carbocycles. The fraction of sp³-hybridized carbons (Fsp3) is 0.375. The van der Waals surface area contributed by atoms with Gasteiger partial charge in [0.05, 0.1) is 19.1 Å². The minimum Gasteiger partial charge on any atom is -0.504 e. The summed E-state index contributed by atoms with van der Waals surface area (Å²) in [4.78, 5) is 48.3. The Bertz CT molecular complexity index is 1180. The van der Waals surface area contributed by atoms with Crippen molar-refractivity contribution in [3.05, 3.63) is 63.5 Å². The number of carbonyl (C=O) groups excluding carboxylic acids is 3. The molecule has 0 aromatic heterocycles. The largest absolute Gasteiger partial charge is 0.504 e. The molecule has 37 heavy (non-hydrogen) atoms. The fourth-order valence-electron chi connectivity index (χ4n) is 3.26. The molecule has 0 unspecified atom stereocenters. The number of nitrogens with one attached hydrogen (secondary N) is 2. The Labute approximate surface area is 211 Å². The highest BCUT2D eigenvalue weighted by Gasteiger charge is 2.31. The molecule has 2 aromatic carbocycles. The Morgan fingerprint density at radius 3 is 2.32 bits per heavy atom. The summed E-state index contributed by atoms with van der Waals surface area (Å²) in [5.74, 6) is -3.04. The van der Waals surface area contributed by atoms with Crippen molar-refractivity contribution in [2.75, 3.05) is 14.2 Å². The molecule has 0 aliphatic rings. The predicted octanol–water partition coefficient (Wildman–Crippen LogP) is 2.91. The topological polar surface area (TPSA) is 166 Å². The molecule has 0 bridgehead atoms. The average molecular weight is 521 g/mol. The van der Waals surface area contributed by atoms with Crippen molar-refractivity contribution in [3.63, 3.8) is 0 Å². The van der Waals surface area contributed by atoms with Crippen molar-refractivity contribution < 1.29 is 43.0 Å². The smallest absolute Gasteiger partial charge is 0.408 e. The van der Waals surface area contributed by atoms with E-state index in [0.717, 1.165) is 19.2 Å². The first-order valence-electron chi connectivity index (χ1n) is 10.9. The van der Waals surface area contributed by atoms with Gasteiger partial charge in [-0.05, 0) is 50.1 Å². The molecule has 0 heterocycles. The van der Waals surface area contributed by atoms with Crippen LogP contribution in [0, 0.1) is 15.9 Å². The van der Waals surface area contributed by atoms with Crippen LogP contribution < -0.4 is 15.4 Å². The second kappa shape index (κ2) is 12.0. The van der Waals surface area contributed by atoms with Gasteiger partial charge >= 0.3 is 17.7 Å². The molecule has 0 saturated heterocycles. The number of carbonyl (C=O) groups is 3. The molecule has 0 radical (unpaired) electrons. The zero-order valence-electron chi connectivity index (χ0n) is 20.9. The van der Waals surface area contributed by atoms with Gasteiger partial charge < -0.3 is 30.0 Å². The van der Waals surface area contributed by atoms with Gasteiger partial charge in [-0.25, -0.2) is 9.59 Å². The maximum atomic E-state index is 13.7. The second-order valence-corrected chi connectivity index (χ2v) is 8.84. The Balaban J connectivity index is 2.39. The van der Waals surface area contributed by atoms with E-state index >= 15 is 0 Å². The number of ether oxygens (including phenoxy) is 3. The number of methoxy groups -OCH3 is 2. The van der Waals surface area contributed by atoms with E-state index in [-0.39, 0.29) is 29.0 Å². The third-order valence-corrected chi connectivity index (χ3v) is 4.91. The molecule has 13 heteroatoms. The van der Waals surface area contributed by atoms with Crippen molar-refractivity contribution in [2.45, 2.75) is 44.9 Å². The van der Waals surface area contributed by atoms with E-state index in [1.54, 1.807) is 20.8 Å². The van der Waals surface area contributed by atoms with Crippen molar-refractivity contribution in [1.82, 2.24) is 10.6 Å². The van der Waals surface area contributed by atoms with Gasteiger partial charge in [0, 0.05) is 12.5 Å². The van der Waals surface area contributed by atoms with Crippen LogP contribution >= 0.6 is 0 Å². The van der Waals surface area contributed by atoms with Gasteiger partial charge in [0.1, 0.15) is 17.7 Å². The first-order chi connectivity index (χ1) is 17.2. The molecule has 2 amide bonds. The number of halogens is 1. The third-order valence-electron chi connectivity index (χ3n) is 4.91. The number of hydrogen-bond acceptors (Lipinski definition) is 9. The standard InChI is InChI=1S/C24H28FN3O9/c1-24(2,3)37-23(32)27-20(14-7-9-19(35-4)18(29)12-14)21(30)26-16(22(31)36-5)10-13-6-8-15(25)17(11-13)28(33)34/h6-9,11-12,16,20,29H,10H2,1-5H3,(H,26,30)(H,27,32)/t16-,20-/m1/s1. The number of hydrogen-bond donors (Lipinski definition) is 3. The first kappa shape index (κ1) is 28.8. The lowest BCUT2D eigenvalue weighted by molar-refractivity contribution is -0.387. The summed E-state index contributed by atoms with van der Waals surface area (Å²) in [6, 6.07) is 4.21. The highest BCUT2D eigenvalue weighted by atomic mass is 19.1. The lowest BCUT2D eigenvalue weighted by atomic mass is 10.0. The zero-order chi connectivity index (χ0) is 27.9. The second-order valence-electron chi connectivity index (χ2n) is 8.84. The number of aromatic hydroxyl groups is 1. The number of benzene rings is 2. The highest BCUT2D eigenvalue weighted by Crippen LogP contribution is 2.29. The average Bonchev–Trinajstić information content (AvgIpc) is 2.81. The Hall–Kier alpha value is -4.42. The fourth-order valence-corrected chi connectivity index (χ4v) is 3.26. The summed E-state index contributed by atoms with van der Waals surface area (Å²) in [6.45, 7) is 4.86. The molecule has 2 rings (SSSR count). The Kier molecular flexibility index (Phi) is 9.36. The number of alkyl carbamates (subject to hydrolysis) is 1. The molecular formula is C24H28FN3O9. The van der Waals surface area contributed by atoms with Gasteiger partial charge in [-0.15, -0.1) is 0 Å². The van der Waals surface area contributed by atoms with Crippen LogP contribution in [0.4, 0.5) is 14.9 Å². The van der Waals surface area contributed by atoms with Crippen LogP contribution in [0.25, 0.3) is 0 Å². The summed E-state index contributed by atoms with van der Waals surface area (Å²) in [7, 11) is 2.41. The molecule has 12 nitrogen and oxygen atoms in total. The predicted molar refractivity (Wildman–Crippen MR) is 127 cm³/mol. The number of esters is 1. The molecular weight excluding hydrogens is 493 g/mol. The monoisotopic (exact) mass is 521 g/mol. The van der Waals surface area contributed by atoms with E-state index in [4.69, 9.17) is 14.2 Å². The summed E-state index contributed by atoms with van der Waals surface area (Å²) < 4.78 is 28.7. The van der Waals surface area contributed by atoms with E-state index in [1.165, 1.54) is 31.4 Å². The van der Waals surface area contributed by atoms with E-state index in [9.17, 15) is 34.0 Å². The molecule has 3 N–H and O–H groups in total. The summed E-state index contributed by atoms with van der Waals surface area (Å²) in [5, 5.41) is 26.1. The van der Waals surface area contributed by atoms with E-state index in [0.29, 0.717) is 0 Å². The minimum absolute atomic E-state index is 0.116. The normalized spacial score (nSPS) is 12.6. The summed E-state index contributed by atoms with van der Waals surface area (Å²) >= 11 is 0. The van der Waals surface area contributed by atoms with E-state index in [1.807, 2.05) is 0 Å². The number of phenolic OH excluding ortho intramolecular Hbond substituents is 1. The van der Waals surface area contributed by atoms with Crippen LogP contribution in [-0.2, 0) is 25.5 Å².